The Labute approximate surface area is 170 Å². The van der Waals surface area contributed by atoms with E-state index in [1.165, 1.54) is 11.4 Å². The second kappa shape index (κ2) is 8.20. The van der Waals surface area contributed by atoms with Crippen molar-refractivity contribution in [3.8, 4) is 17.2 Å². The van der Waals surface area contributed by atoms with Crippen molar-refractivity contribution in [2.24, 2.45) is 0 Å². The SMILES string of the molecule is COc1ccc(CNC(=O)[C@H]2CN(S(C)(=O)=O)c3cc(C)ccc3O2)cc1OC. The summed E-state index contributed by atoms with van der Waals surface area (Å²) < 4.78 is 42.0. The number of benzene rings is 2. The van der Waals surface area contributed by atoms with E-state index in [9.17, 15) is 13.2 Å². The van der Waals surface area contributed by atoms with E-state index < -0.39 is 22.0 Å². The van der Waals surface area contributed by atoms with Gasteiger partial charge in [-0.2, -0.15) is 0 Å². The van der Waals surface area contributed by atoms with Crippen LogP contribution in [0.3, 0.4) is 0 Å². The maximum absolute atomic E-state index is 12.7. The number of aryl methyl sites for hydroxylation is 1. The molecule has 2 aromatic rings. The summed E-state index contributed by atoms with van der Waals surface area (Å²) in [6.45, 7) is 2.01. The summed E-state index contributed by atoms with van der Waals surface area (Å²) in [6.07, 6.45) is 0.156. The number of amides is 1. The Bertz CT molecular complexity index is 1020. The molecular formula is C20H24N2O6S. The van der Waals surface area contributed by atoms with Crippen LogP contribution in [-0.4, -0.2) is 47.4 Å². The number of hydrogen-bond acceptors (Lipinski definition) is 6. The van der Waals surface area contributed by atoms with E-state index in [0.29, 0.717) is 22.9 Å². The van der Waals surface area contributed by atoms with Gasteiger partial charge in [-0.3, -0.25) is 9.10 Å². The molecule has 156 valence electrons. The molecular weight excluding hydrogens is 396 g/mol. The number of carbonyl (C=O) groups is 1. The third kappa shape index (κ3) is 4.56. The van der Waals surface area contributed by atoms with Crippen molar-refractivity contribution in [2.75, 3.05) is 31.3 Å². The zero-order valence-corrected chi connectivity index (χ0v) is 17.6. The molecule has 0 fully saturated rings. The number of methoxy groups -OCH3 is 2. The largest absolute Gasteiger partial charge is 0.493 e. The lowest BCUT2D eigenvalue weighted by molar-refractivity contribution is -0.127. The highest BCUT2D eigenvalue weighted by Crippen LogP contribution is 2.35. The zero-order chi connectivity index (χ0) is 21.2. The number of anilines is 1. The van der Waals surface area contributed by atoms with Crippen LogP contribution in [0.4, 0.5) is 5.69 Å². The third-order valence-corrected chi connectivity index (χ3v) is 5.74. The van der Waals surface area contributed by atoms with E-state index >= 15 is 0 Å². The Kier molecular flexibility index (Phi) is 5.88. The maximum Gasteiger partial charge on any atom is 0.263 e. The van der Waals surface area contributed by atoms with Crippen LogP contribution in [0.25, 0.3) is 0 Å². The summed E-state index contributed by atoms with van der Waals surface area (Å²) in [5.74, 6) is 1.10. The molecule has 1 amide bonds. The molecule has 29 heavy (non-hydrogen) atoms. The quantitative estimate of drug-likeness (QED) is 0.767. The van der Waals surface area contributed by atoms with Gasteiger partial charge in [0.25, 0.3) is 5.91 Å². The number of nitrogens with one attached hydrogen (secondary N) is 1. The highest BCUT2D eigenvalue weighted by Gasteiger charge is 2.35. The van der Waals surface area contributed by atoms with Crippen molar-refractivity contribution in [3.63, 3.8) is 0 Å². The molecule has 0 spiro atoms. The summed E-state index contributed by atoms with van der Waals surface area (Å²) >= 11 is 0. The molecule has 0 aromatic heterocycles. The standard InChI is InChI=1S/C20H24N2O6S/c1-13-5-7-16-15(9-13)22(29(4,24)25)12-19(28-16)20(23)21-11-14-6-8-17(26-2)18(10-14)27-3/h5-10,19H,11-12H2,1-4H3,(H,21,23)/t19-/m1/s1. The molecule has 9 heteroatoms. The maximum atomic E-state index is 12.7. The third-order valence-electron chi connectivity index (χ3n) is 4.59. The molecule has 3 rings (SSSR count). The van der Waals surface area contributed by atoms with E-state index in [2.05, 4.69) is 5.32 Å². The predicted octanol–water partition coefficient (Wildman–Crippen LogP) is 1.86. The molecule has 1 aliphatic rings. The first-order valence-corrected chi connectivity index (χ1v) is 10.8. The summed E-state index contributed by atoms with van der Waals surface area (Å²) in [5.41, 5.74) is 2.15. The van der Waals surface area contributed by atoms with Crippen LogP contribution < -0.4 is 23.8 Å². The monoisotopic (exact) mass is 420 g/mol. The first-order valence-electron chi connectivity index (χ1n) is 8.96. The normalized spacial score (nSPS) is 15.9. The molecule has 1 N–H and O–H groups in total. The van der Waals surface area contributed by atoms with Gasteiger partial charge >= 0.3 is 0 Å². The van der Waals surface area contributed by atoms with Gasteiger partial charge in [0.1, 0.15) is 5.75 Å². The van der Waals surface area contributed by atoms with Gasteiger partial charge in [0.15, 0.2) is 17.6 Å². The predicted molar refractivity (Wildman–Crippen MR) is 109 cm³/mol. The van der Waals surface area contributed by atoms with Crippen molar-refractivity contribution in [1.29, 1.82) is 0 Å². The van der Waals surface area contributed by atoms with E-state index in [-0.39, 0.29) is 13.1 Å². The van der Waals surface area contributed by atoms with Crippen LogP contribution in [-0.2, 0) is 21.4 Å². The summed E-state index contributed by atoms with van der Waals surface area (Å²) in [4.78, 5) is 12.7. The fourth-order valence-electron chi connectivity index (χ4n) is 3.11. The van der Waals surface area contributed by atoms with Crippen LogP contribution in [0.1, 0.15) is 11.1 Å². The number of sulfonamides is 1. The second-order valence-electron chi connectivity index (χ2n) is 6.78. The van der Waals surface area contributed by atoms with Gasteiger partial charge in [-0.25, -0.2) is 8.42 Å². The van der Waals surface area contributed by atoms with Crippen molar-refractivity contribution in [2.45, 2.75) is 19.6 Å². The average Bonchev–Trinajstić information content (AvgIpc) is 2.70. The Morgan fingerprint density at radius 2 is 1.90 bits per heavy atom. The molecule has 0 radical (unpaired) electrons. The molecule has 1 heterocycles. The second-order valence-corrected chi connectivity index (χ2v) is 8.69. The average molecular weight is 420 g/mol. The van der Waals surface area contributed by atoms with Crippen LogP contribution in [0.5, 0.6) is 17.2 Å². The van der Waals surface area contributed by atoms with E-state index in [1.807, 2.05) is 19.1 Å². The number of fused-ring (bicyclic) bond motifs is 1. The molecule has 2 aromatic carbocycles. The van der Waals surface area contributed by atoms with Crippen molar-refractivity contribution >= 4 is 21.6 Å². The van der Waals surface area contributed by atoms with Crippen LogP contribution >= 0.6 is 0 Å². The van der Waals surface area contributed by atoms with Gasteiger partial charge in [-0.05, 0) is 42.3 Å². The molecule has 0 bridgehead atoms. The van der Waals surface area contributed by atoms with Gasteiger partial charge < -0.3 is 19.5 Å². The van der Waals surface area contributed by atoms with Gasteiger partial charge in [0.05, 0.1) is 32.7 Å². The Balaban J connectivity index is 1.75. The van der Waals surface area contributed by atoms with Crippen molar-refractivity contribution in [1.82, 2.24) is 5.32 Å². The highest BCUT2D eigenvalue weighted by molar-refractivity contribution is 7.92. The van der Waals surface area contributed by atoms with Crippen LogP contribution in [0, 0.1) is 6.92 Å². The minimum Gasteiger partial charge on any atom is -0.493 e. The molecule has 8 nitrogen and oxygen atoms in total. The lowest BCUT2D eigenvalue weighted by Crippen LogP contribution is -2.50. The zero-order valence-electron chi connectivity index (χ0n) is 16.8. The van der Waals surface area contributed by atoms with Crippen LogP contribution in [0.2, 0.25) is 0 Å². The molecule has 0 saturated heterocycles. The lowest BCUT2D eigenvalue weighted by atomic mass is 10.1. The van der Waals surface area contributed by atoms with Crippen molar-refractivity contribution < 1.29 is 27.4 Å². The van der Waals surface area contributed by atoms with Crippen LogP contribution in [0.15, 0.2) is 36.4 Å². The first-order chi connectivity index (χ1) is 13.7. The molecule has 1 atom stereocenters. The number of carbonyl (C=O) groups excluding carboxylic acids is 1. The Morgan fingerprint density at radius 3 is 2.55 bits per heavy atom. The Morgan fingerprint density at radius 1 is 1.17 bits per heavy atom. The number of nitrogens with zero attached hydrogens (tertiary/aromatic N) is 1. The molecule has 1 aliphatic heterocycles. The minimum atomic E-state index is -3.56. The number of ether oxygens (including phenoxy) is 3. The number of hydrogen-bond donors (Lipinski definition) is 1. The highest BCUT2D eigenvalue weighted by atomic mass is 32.2. The molecule has 0 unspecified atom stereocenters. The van der Waals surface area contributed by atoms with Crippen molar-refractivity contribution in [3.05, 3.63) is 47.5 Å². The van der Waals surface area contributed by atoms with E-state index in [1.54, 1.807) is 31.4 Å². The molecule has 0 saturated carbocycles. The van der Waals surface area contributed by atoms with Gasteiger partial charge in [-0.15, -0.1) is 0 Å². The van der Waals surface area contributed by atoms with E-state index in [4.69, 9.17) is 14.2 Å². The summed E-state index contributed by atoms with van der Waals surface area (Å²) in [6, 6.07) is 10.5. The smallest absolute Gasteiger partial charge is 0.263 e. The topological polar surface area (TPSA) is 94.2 Å². The van der Waals surface area contributed by atoms with Gasteiger partial charge in [0, 0.05) is 6.54 Å². The summed E-state index contributed by atoms with van der Waals surface area (Å²) in [5, 5.41) is 2.79. The molecule has 0 aliphatic carbocycles. The first kappa shape index (κ1) is 20.8. The Hall–Kier alpha value is -2.94. The van der Waals surface area contributed by atoms with E-state index in [0.717, 1.165) is 17.4 Å². The number of rotatable bonds is 6. The summed E-state index contributed by atoms with van der Waals surface area (Å²) in [7, 11) is -0.478. The van der Waals surface area contributed by atoms with Gasteiger partial charge in [0.2, 0.25) is 10.0 Å². The van der Waals surface area contributed by atoms with Gasteiger partial charge in [-0.1, -0.05) is 12.1 Å². The fraction of sp³-hybridized carbons (Fsp3) is 0.350. The minimum absolute atomic E-state index is 0.0902. The lowest BCUT2D eigenvalue weighted by Gasteiger charge is -2.34. The fourth-order valence-corrected chi connectivity index (χ4v) is 4.01.